The predicted molar refractivity (Wildman–Crippen MR) is 70.1 cm³/mol. The monoisotopic (exact) mass is 272 g/mol. The molecule has 19 heavy (non-hydrogen) atoms. The van der Waals surface area contributed by atoms with Gasteiger partial charge in [-0.25, -0.2) is 0 Å². The van der Waals surface area contributed by atoms with E-state index in [0.29, 0.717) is 25.2 Å². The topological polar surface area (TPSA) is 29.3 Å². The third-order valence-electron chi connectivity index (χ3n) is 3.64. The lowest BCUT2D eigenvalue weighted by Crippen LogP contribution is -2.42. The molecular formula is C14H19F3N2. The first-order chi connectivity index (χ1) is 9.04. The normalized spacial score (nSPS) is 16.2. The molecule has 1 fully saturated rings. The van der Waals surface area contributed by atoms with Gasteiger partial charge < -0.3 is 10.6 Å². The van der Waals surface area contributed by atoms with Crippen molar-refractivity contribution in [3.8, 4) is 0 Å². The number of nitrogens with zero attached hydrogens (tertiary/aromatic N) is 1. The summed E-state index contributed by atoms with van der Waals surface area (Å²) in [5.41, 5.74) is 5.25. The van der Waals surface area contributed by atoms with Gasteiger partial charge in [0.05, 0.1) is 5.56 Å². The highest BCUT2D eigenvalue weighted by Crippen LogP contribution is 2.39. The van der Waals surface area contributed by atoms with Crippen LogP contribution in [-0.2, 0) is 6.18 Å². The molecule has 0 aromatic heterocycles. The molecule has 0 atom stereocenters. The predicted octanol–water partition coefficient (Wildman–Crippen LogP) is 3.41. The van der Waals surface area contributed by atoms with Crippen LogP contribution < -0.4 is 10.6 Å². The van der Waals surface area contributed by atoms with E-state index in [4.69, 9.17) is 5.73 Å². The molecule has 0 aliphatic heterocycles. The van der Waals surface area contributed by atoms with E-state index in [-0.39, 0.29) is 6.04 Å². The number of nitrogens with two attached hydrogens (primary N) is 1. The Morgan fingerprint density at radius 2 is 1.89 bits per heavy atom. The number of hydrogen-bond acceptors (Lipinski definition) is 2. The van der Waals surface area contributed by atoms with Gasteiger partial charge in [0.1, 0.15) is 0 Å². The smallest absolute Gasteiger partial charge is 0.368 e. The summed E-state index contributed by atoms with van der Waals surface area (Å²) >= 11 is 0. The molecule has 1 aromatic rings. The molecule has 0 heterocycles. The van der Waals surface area contributed by atoms with Crippen molar-refractivity contribution in [1.82, 2.24) is 0 Å². The quantitative estimate of drug-likeness (QED) is 0.890. The fraction of sp³-hybridized carbons (Fsp3) is 0.571. The Kier molecular flexibility index (Phi) is 4.34. The summed E-state index contributed by atoms with van der Waals surface area (Å²) in [6, 6.07) is 6.06. The largest absolute Gasteiger partial charge is 0.418 e. The summed E-state index contributed by atoms with van der Waals surface area (Å²) in [5.74, 6) is 0. The number of alkyl halides is 3. The summed E-state index contributed by atoms with van der Waals surface area (Å²) in [5, 5.41) is 0. The van der Waals surface area contributed by atoms with Gasteiger partial charge in [0, 0.05) is 18.3 Å². The van der Waals surface area contributed by atoms with E-state index in [1.54, 1.807) is 12.1 Å². The van der Waals surface area contributed by atoms with Crippen molar-refractivity contribution in [2.45, 2.75) is 37.9 Å². The molecule has 2 nitrogen and oxygen atoms in total. The van der Waals surface area contributed by atoms with E-state index in [2.05, 4.69) is 0 Å². The molecule has 1 aliphatic rings. The number of para-hydroxylation sites is 1. The van der Waals surface area contributed by atoms with Crippen LogP contribution >= 0.6 is 0 Å². The fourth-order valence-corrected chi connectivity index (χ4v) is 2.42. The Labute approximate surface area is 111 Å². The van der Waals surface area contributed by atoms with Crippen molar-refractivity contribution < 1.29 is 13.2 Å². The molecule has 2 rings (SSSR count). The molecule has 2 N–H and O–H groups in total. The third-order valence-corrected chi connectivity index (χ3v) is 3.64. The molecule has 0 saturated heterocycles. The van der Waals surface area contributed by atoms with Gasteiger partial charge in [-0.05, 0) is 44.4 Å². The van der Waals surface area contributed by atoms with Crippen LogP contribution in [0.25, 0.3) is 0 Å². The third kappa shape index (κ3) is 3.21. The first-order valence-electron chi connectivity index (χ1n) is 6.67. The fourth-order valence-electron chi connectivity index (χ4n) is 2.42. The van der Waals surface area contributed by atoms with Gasteiger partial charge in [-0.3, -0.25) is 0 Å². The minimum absolute atomic E-state index is 0.232. The Hall–Kier alpha value is -1.23. The second-order valence-corrected chi connectivity index (χ2v) is 4.94. The summed E-state index contributed by atoms with van der Waals surface area (Å²) in [6.45, 7) is 1.09. The average molecular weight is 272 g/mol. The van der Waals surface area contributed by atoms with E-state index in [9.17, 15) is 13.2 Å². The first-order valence-corrected chi connectivity index (χ1v) is 6.67. The van der Waals surface area contributed by atoms with E-state index in [1.165, 1.54) is 6.07 Å². The van der Waals surface area contributed by atoms with Crippen molar-refractivity contribution in [3.63, 3.8) is 0 Å². The van der Waals surface area contributed by atoms with E-state index in [0.717, 1.165) is 25.3 Å². The van der Waals surface area contributed by atoms with Crippen LogP contribution in [0.5, 0.6) is 0 Å². The second-order valence-electron chi connectivity index (χ2n) is 4.94. The molecule has 0 unspecified atom stereocenters. The van der Waals surface area contributed by atoms with Crippen molar-refractivity contribution in [2.24, 2.45) is 5.73 Å². The maximum atomic E-state index is 13.1. The number of hydrogen-bond donors (Lipinski definition) is 1. The molecule has 106 valence electrons. The van der Waals surface area contributed by atoms with Crippen molar-refractivity contribution >= 4 is 5.69 Å². The van der Waals surface area contributed by atoms with Gasteiger partial charge in [-0.1, -0.05) is 12.1 Å². The summed E-state index contributed by atoms with van der Waals surface area (Å²) in [4.78, 5) is 1.89. The molecule has 1 aromatic carbocycles. The van der Waals surface area contributed by atoms with Crippen LogP contribution in [0.1, 0.15) is 31.2 Å². The Morgan fingerprint density at radius 1 is 1.21 bits per heavy atom. The number of benzene rings is 1. The van der Waals surface area contributed by atoms with Gasteiger partial charge >= 0.3 is 6.18 Å². The van der Waals surface area contributed by atoms with Gasteiger partial charge in [-0.2, -0.15) is 13.2 Å². The van der Waals surface area contributed by atoms with Gasteiger partial charge in [0.15, 0.2) is 0 Å². The maximum absolute atomic E-state index is 13.1. The molecule has 5 heteroatoms. The lowest BCUT2D eigenvalue weighted by atomic mass is 9.90. The van der Waals surface area contributed by atoms with Crippen LogP contribution in [0.3, 0.4) is 0 Å². The highest BCUT2D eigenvalue weighted by Gasteiger charge is 2.36. The van der Waals surface area contributed by atoms with E-state index < -0.39 is 11.7 Å². The van der Waals surface area contributed by atoms with Crippen LogP contribution in [0.2, 0.25) is 0 Å². The number of rotatable bonds is 5. The zero-order valence-corrected chi connectivity index (χ0v) is 10.8. The standard InChI is InChI=1S/C14H19F3N2/c15-14(16,17)12-7-1-2-8-13(12)19(10-4-9-18)11-5-3-6-11/h1-2,7-8,11H,3-6,9-10,18H2. The minimum atomic E-state index is -4.30. The molecule has 1 saturated carbocycles. The lowest BCUT2D eigenvalue weighted by Gasteiger charge is -2.40. The zero-order chi connectivity index (χ0) is 13.9. The summed E-state index contributed by atoms with van der Waals surface area (Å²) in [7, 11) is 0. The van der Waals surface area contributed by atoms with Crippen LogP contribution in [0.15, 0.2) is 24.3 Å². The van der Waals surface area contributed by atoms with E-state index in [1.807, 2.05) is 4.90 Å². The molecule has 0 amide bonds. The Morgan fingerprint density at radius 3 is 2.42 bits per heavy atom. The molecule has 0 radical (unpaired) electrons. The zero-order valence-electron chi connectivity index (χ0n) is 10.8. The molecule has 0 bridgehead atoms. The SMILES string of the molecule is NCCCN(c1ccccc1C(F)(F)F)C1CCC1. The number of halogens is 3. The van der Waals surface area contributed by atoms with E-state index >= 15 is 0 Å². The van der Waals surface area contributed by atoms with Gasteiger partial charge in [0.2, 0.25) is 0 Å². The highest BCUT2D eigenvalue weighted by atomic mass is 19.4. The molecular weight excluding hydrogens is 253 g/mol. The molecule has 0 spiro atoms. The lowest BCUT2D eigenvalue weighted by molar-refractivity contribution is -0.137. The van der Waals surface area contributed by atoms with Gasteiger partial charge in [0.25, 0.3) is 0 Å². The molecule has 1 aliphatic carbocycles. The van der Waals surface area contributed by atoms with Crippen LogP contribution in [0, 0.1) is 0 Å². The van der Waals surface area contributed by atoms with Crippen molar-refractivity contribution in [1.29, 1.82) is 0 Å². The summed E-state index contributed by atoms with van der Waals surface area (Å²) in [6.07, 6.45) is -0.560. The maximum Gasteiger partial charge on any atom is 0.418 e. The van der Waals surface area contributed by atoms with Crippen LogP contribution in [0.4, 0.5) is 18.9 Å². The second kappa shape index (κ2) is 5.82. The van der Waals surface area contributed by atoms with Gasteiger partial charge in [-0.15, -0.1) is 0 Å². The average Bonchev–Trinajstić information content (AvgIpc) is 2.31. The van der Waals surface area contributed by atoms with Crippen molar-refractivity contribution in [2.75, 3.05) is 18.0 Å². The summed E-state index contributed by atoms with van der Waals surface area (Å²) < 4.78 is 39.2. The Balaban J connectivity index is 2.29. The Bertz CT molecular complexity index is 413. The number of anilines is 1. The van der Waals surface area contributed by atoms with Crippen LogP contribution in [-0.4, -0.2) is 19.1 Å². The van der Waals surface area contributed by atoms with Crippen molar-refractivity contribution in [3.05, 3.63) is 29.8 Å². The highest BCUT2D eigenvalue weighted by molar-refractivity contribution is 5.56. The first kappa shape index (κ1) is 14.2. The minimum Gasteiger partial charge on any atom is -0.368 e.